The quantitative estimate of drug-likeness (QED) is 0.657. The Balaban J connectivity index is 5.00. The summed E-state index contributed by atoms with van der Waals surface area (Å²) < 4.78 is 0. The van der Waals surface area contributed by atoms with E-state index < -0.39 is 34.9 Å². The van der Waals surface area contributed by atoms with E-state index in [1.54, 1.807) is 39.8 Å². The average molecular weight is 308 g/mol. The van der Waals surface area contributed by atoms with Gasteiger partial charge in [0.05, 0.1) is 23.2 Å². The highest BCUT2D eigenvalue weighted by Crippen LogP contribution is 2.26. The van der Waals surface area contributed by atoms with Gasteiger partial charge in [0.2, 0.25) is 0 Å². The molecule has 0 heterocycles. The molecule has 0 aromatic rings. The molecule has 0 rings (SSSR count). The standard InChI is InChI=1S/C14H20N4O4/c1-13(2,5-9(7-15)11(19)20)17-18-14(3,4)6-10(8-16)12(21)22/h9-10H,5-6H2,1-4H3,(H,19,20)(H,21,22). The van der Waals surface area contributed by atoms with Gasteiger partial charge in [-0.05, 0) is 27.7 Å². The first-order chi connectivity index (χ1) is 9.94. The number of aliphatic carboxylic acids is 2. The fourth-order valence-corrected chi connectivity index (χ4v) is 1.73. The van der Waals surface area contributed by atoms with Gasteiger partial charge < -0.3 is 10.2 Å². The van der Waals surface area contributed by atoms with Crippen molar-refractivity contribution in [3.63, 3.8) is 0 Å². The molecule has 22 heavy (non-hydrogen) atoms. The van der Waals surface area contributed by atoms with Gasteiger partial charge in [-0.2, -0.15) is 20.8 Å². The molecule has 120 valence electrons. The predicted octanol–water partition coefficient (Wildman–Crippen LogP) is 2.22. The lowest BCUT2D eigenvalue weighted by atomic mass is 9.91. The first-order valence-corrected chi connectivity index (χ1v) is 6.63. The summed E-state index contributed by atoms with van der Waals surface area (Å²) in [6.45, 7) is 6.55. The molecule has 8 nitrogen and oxygen atoms in total. The van der Waals surface area contributed by atoms with Crippen LogP contribution in [0, 0.1) is 34.5 Å². The van der Waals surface area contributed by atoms with Gasteiger partial charge in [0.1, 0.15) is 11.8 Å². The van der Waals surface area contributed by atoms with E-state index in [1.165, 1.54) is 0 Å². The largest absolute Gasteiger partial charge is 0.480 e. The smallest absolute Gasteiger partial charge is 0.320 e. The fourth-order valence-electron chi connectivity index (χ4n) is 1.73. The molecule has 2 N–H and O–H groups in total. The zero-order valence-corrected chi connectivity index (χ0v) is 13.1. The number of rotatable bonds is 8. The molecule has 0 spiro atoms. The lowest BCUT2D eigenvalue weighted by Crippen LogP contribution is -2.28. The minimum atomic E-state index is -1.22. The number of nitriles is 2. The van der Waals surface area contributed by atoms with E-state index in [9.17, 15) is 9.59 Å². The number of carboxylic acid groups (broad SMARTS) is 2. The summed E-state index contributed by atoms with van der Waals surface area (Å²) in [6, 6.07) is 3.38. The Kier molecular flexibility index (Phi) is 6.66. The second kappa shape index (κ2) is 7.51. The number of carbonyl (C=O) groups is 2. The Morgan fingerprint density at radius 3 is 1.36 bits per heavy atom. The lowest BCUT2D eigenvalue weighted by Gasteiger charge is -2.24. The zero-order valence-electron chi connectivity index (χ0n) is 13.1. The van der Waals surface area contributed by atoms with Gasteiger partial charge >= 0.3 is 11.9 Å². The Bertz CT molecular complexity index is 492. The van der Waals surface area contributed by atoms with Crippen molar-refractivity contribution in [1.82, 2.24) is 0 Å². The summed E-state index contributed by atoms with van der Waals surface area (Å²) in [7, 11) is 0. The Hall–Kier alpha value is -2.48. The molecule has 0 bridgehead atoms. The van der Waals surface area contributed by atoms with E-state index in [2.05, 4.69) is 10.2 Å². The van der Waals surface area contributed by atoms with E-state index in [0.717, 1.165) is 0 Å². The van der Waals surface area contributed by atoms with Gasteiger partial charge in [0.15, 0.2) is 0 Å². The predicted molar refractivity (Wildman–Crippen MR) is 75.7 cm³/mol. The SMILES string of the molecule is CC(C)(CC(C#N)C(=O)O)N=NC(C)(C)CC(C#N)C(=O)O. The molecule has 0 aromatic heterocycles. The number of azo groups is 1. The van der Waals surface area contributed by atoms with Crippen LogP contribution in [0.5, 0.6) is 0 Å². The van der Waals surface area contributed by atoms with Crippen LogP contribution in [-0.2, 0) is 9.59 Å². The minimum Gasteiger partial charge on any atom is -0.480 e. The van der Waals surface area contributed by atoms with Crippen molar-refractivity contribution in [3.8, 4) is 12.1 Å². The molecule has 0 aliphatic carbocycles. The molecule has 2 atom stereocenters. The molecule has 0 fully saturated rings. The van der Waals surface area contributed by atoms with Crippen molar-refractivity contribution >= 4 is 11.9 Å². The maximum absolute atomic E-state index is 10.9. The summed E-state index contributed by atoms with van der Waals surface area (Å²) in [6.07, 6.45) is -0.0297. The maximum atomic E-state index is 10.9. The van der Waals surface area contributed by atoms with Crippen molar-refractivity contribution in [2.45, 2.75) is 51.6 Å². The Morgan fingerprint density at radius 1 is 0.909 bits per heavy atom. The third kappa shape index (κ3) is 6.80. The monoisotopic (exact) mass is 308 g/mol. The molecule has 8 heteroatoms. The summed E-state index contributed by atoms with van der Waals surface area (Å²) in [4.78, 5) is 21.7. The average Bonchev–Trinajstić information content (AvgIpc) is 2.40. The summed E-state index contributed by atoms with van der Waals surface area (Å²) in [5.41, 5.74) is -1.77. The molecule has 0 saturated carbocycles. The molecule has 0 saturated heterocycles. The van der Waals surface area contributed by atoms with Crippen LogP contribution >= 0.6 is 0 Å². The third-order valence-corrected chi connectivity index (χ3v) is 2.91. The zero-order chi connectivity index (χ0) is 17.6. The van der Waals surface area contributed by atoms with Crippen molar-refractivity contribution in [2.75, 3.05) is 0 Å². The van der Waals surface area contributed by atoms with Crippen molar-refractivity contribution < 1.29 is 19.8 Å². The first-order valence-electron chi connectivity index (χ1n) is 6.63. The van der Waals surface area contributed by atoms with Crippen LogP contribution in [0.15, 0.2) is 10.2 Å². The molecule has 2 unspecified atom stereocenters. The van der Waals surface area contributed by atoms with Crippen molar-refractivity contribution in [3.05, 3.63) is 0 Å². The van der Waals surface area contributed by atoms with Gasteiger partial charge in [-0.25, -0.2) is 0 Å². The van der Waals surface area contributed by atoms with Crippen molar-refractivity contribution in [2.24, 2.45) is 22.1 Å². The highest BCUT2D eigenvalue weighted by molar-refractivity contribution is 5.73. The summed E-state index contributed by atoms with van der Waals surface area (Å²) in [5.74, 6) is -4.83. The molecule has 0 amide bonds. The molecule has 0 radical (unpaired) electrons. The highest BCUT2D eigenvalue weighted by Gasteiger charge is 2.31. The van der Waals surface area contributed by atoms with Gasteiger partial charge in [0, 0.05) is 12.8 Å². The summed E-state index contributed by atoms with van der Waals surface area (Å²) >= 11 is 0. The van der Waals surface area contributed by atoms with Gasteiger partial charge in [-0.15, -0.1) is 0 Å². The fraction of sp³-hybridized carbons (Fsp3) is 0.714. The van der Waals surface area contributed by atoms with Crippen LogP contribution in [-0.4, -0.2) is 33.2 Å². The van der Waals surface area contributed by atoms with E-state index in [0.29, 0.717) is 0 Å². The molecule has 0 aromatic carbocycles. The number of hydrogen-bond acceptors (Lipinski definition) is 6. The highest BCUT2D eigenvalue weighted by atomic mass is 16.4. The second-order valence-electron chi connectivity index (χ2n) is 6.27. The van der Waals surface area contributed by atoms with Crippen LogP contribution in [0.4, 0.5) is 0 Å². The lowest BCUT2D eigenvalue weighted by molar-refractivity contribution is -0.141. The van der Waals surface area contributed by atoms with Crippen LogP contribution in [0.2, 0.25) is 0 Å². The van der Waals surface area contributed by atoms with Crippen LogP contribution in [0.1, 0.15) is 40.5 Å². The molecular weight excluding hydrogens is 288 g/mol. The summed E-state index contributed by atoms with van der Waals surface area (Å²) in [5, 5.41) is 43.5. The van der Waals surface area contributed by atoms with E-state index in [1.807, 2.05) is 0 Å². The third-order valence-electron chi connectivity index (χ3n) is 2.91. The van der Waals surface area contributed by atoms with Crippen LogP contribution in [0.3, 0.4) is 0 Å². The Labute approximate surface area is 129 Å². The maximum Gasteiger partial charge on any atom is 0.320 e. The number of nitrogens with zero attached hydrogens (tertiary/aromatic N) is 4. The molecule has 0 aliphatic rings. The number of carboxylic acids is 2. The van der Waals surface area contributed by atoms with Gasteiger partial charge in [0.25, 0.3) is 0 Å². The van der Waals surface area contributed by atoms with E-state index in [4.69, 9.17) is 20.7 Å². The Morgan fingerprint density at radius 2 is 1.18 bits per heavy atom. The van der Waals surface area contributed by atoms with E-state index >= 15 is 0 Å². The molecular formula is C14H20N4O4. The van der Waals surface area contributed by atoms with Crippen LogP contribution in [0.25, 0.3) is 0 Å². The number of hydrogen-bond donors (Lipinski definition) is 2. The van der Waals surface area contributed by atoms with E-state index in [-0.39, 0.29) is 12.8 Å². The topological polar surface area (TPSA) is 147 Å². The second-order valence-corrected chi connectivity index (χ2v) is 6.27. The van der Waals surface area contributed by atoms with Crippen LogP contribution < -0.4 is 0 Å². The van der Waals surface area contributed by atoms with Gasteiger partial charge in [-0.1, -0.05) is 0 Å². The van der Waals surface area contributed by atoms with Crippen molar-refractivity contribution in [1.29, 1.82) is 10.5 Å². The first kappa shape index (κ1) is 19.5. The van der Waals surface area contributed by atoms with Gasteiger partial charge in [-0.3, -0.25) is 9.59 Å². The molecule has 0 aliphatic heterocycles. The normalized spacial score (nSPS) is 14.8. The minimum absolute atomic E-state index is 0.0149.